The molecule has 0 saturated carbocycles. The Kier molecular flexibility index (Phi) is 6.03. The van der Waals surface area contributed by atoms with E-state index in [0.29, 0.717) is 6.07 Å². The SMILES string of the molecule is O=C1C(=O)N(c2cccc(C(=O)O)c2)C(c2cc(Cl)c3c(c2)OCO3)C1=C(O)c1cccc(C(F)(F)F)c1. The van der Waals surface area contributed by atoms with Crippen LogP contribution in [0.1, 0.15) is 33.1 Å². The fourth-order valence-electron chi connectivity index (χ4n) is 4.35. The van der Waals surface area contributed by atoms with Crippen molar-refractivity contribution in [3.8, 4) is 11.5 Å². The van der Waals surface area contributed by atoms with Gasteiger partial charge >= 0.3 is 12.1 Å². The first-order chi connectivity index (χ1) is 18.0. The molecule has 2 N–H and O–H groups in total. The molecule has 0 aliphatic carbocycles. The average Bonchev–Trinajstić information content (AvgIpc) is 3.46. The van der Waals surface area contributed by atoms with Gasteiger partial charge in [-0.05, 0) is 48.0 Å². The molecule has 1 unspecified atom stereocenters. The van der Waals surface area contributed by atoms with Gasteiger partial charge in [0.1, 0.15) is 5.76 Å². The van der Waals surface area contributed by atoms with Crippen LogP contribution in [0.15, 0.2) is 66.2 Å². The highest BCUT2D eigenvalue weighted by Gasteiger charge is 2.48. The summed E-state index contributed by atoms with van der Waals surface area (Å²) in [5, 5.41) is 20.6. The number of carboxylic acids is 1. The third-order valence-electron chi connectivity index (χ3n) is 6.04. The fraction of sp³-hybridized carbons (Fsp3) is 0.115. The molecule has 38 heavy (non-hydrogen) atoms. The van der Waals surface area contributed by atoms with Crippen LogP contribution in [0.5, 0.6) is 11.5 Å². The van der Waals surface area contributed by atoms with Gasteiger partial charge in [0, 0.05) is 11.3 Å². The zero-order chi connectivity index (χ0) is 27.4. The highest BCUT2D eigenvalue weighted by molar-refractivity contribution is 6.51. The van der Waals surface area contributed by atoms with Gasteiger partial charge in [-0.1, -0.05) is 29.8 Å². The molecule has 0 radical (unpaired) electrons. The molecule has 3 aromatic rings. The van der Waals surface area contributed by atoms with Gasteiger partial charge < -0.3 is 19.7 Å². The predicted molar refractivity (Wildman–Crippen MR) is 127 cm³/mol. The van der Waals surface area contributed by atoms with Crippen molar-refractivity contribution in [3.05, 3.63) is 93.5 Å². The second-order valence-corrected chi connectivity index (χ2v) is 8.75. The van der Waals surface area contributed by atoms with Crippen molar-refractivity contribution in [2.24, 2.45) is 0 Å². The van der Waals surface area contributed by atoms with Crippen LogP contribution < -0.4 is 14.4 Å². The number of alkyl halides is 3. The van der Waals surface area contributed by atoms with E-state index in [1.807, 2.05) is 0 Å². The molecular weight excluding hydrogens is 531 g/mol. The molecule has 194 valence electrons. The summed E-state index contributed by atoms with van der Waals surface area (Å²) in [6.45, 7) is -0.149. The topological polar surface area (TPSA) is 113 Å². The number of fused-ring (bicyclic) bond motifs is 1. The number of Topliss-reactive ketones (excluding diaryl/α,β-unsaturated/α-hetero) is 1. The van der Waals surface area contributed by atoms with E-state index in [-0.39, 0.29) is 45.7 Å². The summed E-state index contributed by atoms with van der Waals surface area (Å²) in [5.41, 5.74) is -1.99. The number of ether oxygens (including phenoxy) is 2. The van der Waals surface area contributed by atoms with Crippen LogP contribution in [0.3, 0.4) is 0 Å². The number of carboxylic acid groups (broad SMARTS) is 1. The summed E-state index contributed by atoms with van der Waals surface area (Å²) in [7, 11) is 0. The quantitative estimate of drug-likeness (QED) is 0.256. The van der Waals surface area contributed by atoms with Crippen LogP contribution in [-0.4, -0.2) is 34.7 Å². The predicted octanol–water partition coefficient (Wildman–Crippen LogP) is 5.41. The van der Waals surface area contributed by atoms with Gasteiger partial charge in [-0.25, -0.2) is 4.79 Å². The zero-order valence-electron chi connectivity index (χ0n) is 19.0. The van der Waals surface area contributed by atoms with E-state index in [1.54, 1.807) is 0 Å². The molecule has 5 rings (SSSR count). The maximum Gasteiger partial charge on any atom is 0.416 e. The first-order valence-corrected chi connectivity index (χ1v) is 11.3. The molecule has 8 nitrogen and oxygen atoms in total. The minimum atomic E-state index is -4.73. The molecule has 1 atom stereocenters. The second-order valence-electron chi connectivity index (χ2n) is 8.34. The summed E-state index contributed by atoms with van der Waals surface area (Å²) in [5.74, 6) is -4.10. The van der Waals surface area contributed by atoms with E-state index < -0.39 is 46.8 Å². The Bertz CT molecular complexity index is 1550. The van der Waals surface area contributed by atoms with Crippen molar-refractivity contribution in [2.45, 2.75) is 12.2 Å². The highest BCUT2D eigenvalue weighted by atomic mass is 35.5. The number of aliphatic hydroxyl groups excluding tert-OH is 1. The molecule has 1 saturated heterocycles. The lowest BCUT2D eigenvalue weighted by molar-refractivity contribution is -0.137. The summed E-state index contributed by atoms with van der Waals surface area (Å²) in [4.78, 5) is 39.0. The molecule has 3 aromatic carbocycles. The minimum Gasteiger partial charge on any atom is -0.507 e. The zero-order valence-corrected chi connectivity index (χ0v) is 19.7. The third kappa shape index (κ3) is 4.20. The van der Waals surface area contributed by atoms with Crippen molar-refractivity contribution in [3.63, 3.8) is 0 Å². The maximum atomic E-state index is 13.3. The number of hydrogen-bond donors (Lipinski definition) is 2. The third-order valence-corrected chi connectivity index (χ3v) is 6.33. The molecular formula is C26H15ClF3NO7. The Hall–Kier alpha value is -4.51. The first-order valence-electron chi connectivity index (χ1n) is 10.9. The normalized spacial score (nSPS) is 18.2. The average molecular weight is 546 g/mol. The Balaban J connectivity index is 1.75. The van der Waals surface area contributed by atoms with Gasteiger partial charge in [0.25, 0.3) is 11.7 Å². The molecule has 0 spiro atoms. The number of hydrogen-bond acceptors (Lipinski definition) is 6. The van der Waals surface area contributed by atoms with Gasteiger partial charge in [-0.3, -0.25) is 14.5 Å². The molecule has 1 amide bonds. The lowest BCUT2D eigenvalue weighted by Gasteiger charge is -2.26. The monoisotopic (exact) mass is 545 g/mol. The number of benzene rings is 3. The standard InChI is InChI=1S/C26H15ClF3NO7/c27-17-9-14(10-18-23(17)38-11-37-18)20-19(21(32)12-3-1-5-15(7-12)26(28,29)30)22(33)24(34)31(20)16-6-2-4-13(8-16)25(35)36/h1-10,20,32H,11H2,(H,35,36). The van der Waals surface area contributed by atoms with Gasteiger partial charge in [0.05, 0.1) is 27.8 Å². The molecule has 12 heteroatoms. The van der Waals surface area contributed by atoms with Gasteiger partial charge in [-0.2, -0.15) is 13.2 Å². The van der Waals surface area contributed by atoms with Crippen LogP contribution in [0.4, 0.5) is 18.9 Å². The van der Waals surface area contributed by atoms with Crippen molar-refractivity contribution in [1.82, 2.24) is 0 Å². The summed E-state index contributed by atoms with van der Waals surface area (Å²) < 4.78 is 50.7. The summed E-state index contributed by atoms with van der Waals surface area (Å²) in [6.07, 6.45) is -4.73. The van der Waals surface area contributed by atoms with Crippen LogP contribution in [0, 0.1) is 0 Å². The molecule has 0 bridgehead atoms. The van der Waals surface area contributed by atoms with E-state index in [9.17, 15) is 37.8 Å². The van der Waals surface area contributed by atoms with Crippen molar-refractivity contribution >= 4 is 40.7 Å². The number of carbonyl (C=O) groups is 3. The van der Waals surface area contributed by atoms with Gasteiger partial charge in [-0.15, -0.1) is 0 Å². The van der Waals surface area contributed by atoms with Crippen LogP contribution in [0.2, 0.25) is 5.02 Å². The number of rotatable bonds is 4. The van der Waals surface area contributed by atoms with Crippen LogP contribution >= 0.6 is 11.6 Å². The number of halogens is 4. The molecule has 1 fully saturated rings. The number of amides is 1. The Morgan fingerprint density at radius 2 is 1.68 bits per heavy atom. The Morgan fingerprint density at radius 1 is 0.974 bits per heavy atom. The molecule has 2 aliphatic heterocycles. The summed E-state index contributed by atoms with van der Waals surface area (Å²) >= 11 is 6.33. The summed E-state index contributed by atoms with van der Waals surface area (Å²) in [6, 6.07) is 10.2. The van der Waals surface area contributed by atoms with E-state index >= 15 is 0 Å². The molecule has 0 aromatic heterocycles. The number of carbonyl (C=O) groups excluding carboxylic acids is 2. The van der Waals surface area contributed by atoms with E-state index in [2.05, 4.69) is 0 Å². The Morgan fingerprint density at radius 3 is 2.39 bits per heavy atom. The lowest BCUT2D eigenvalue weighted by atomic mass is 9.94. The smallest absolute Gasteiger partial charge is 0.416 e. The van der Waals surface area contributed by atoms with Gasteiger partial charge in [0.2, 0.25) is 6.79 Å². The van der Waals surface area contributed by atoms with Crippen molar-refractivity contribution in [1.29, 1.82) is 0 Å². The van der Waals surface area contributed by atoms with E-state index in [4.69, 9.17) is 21.1 Å². The van der Waals surface area contributed by atoms with Gasteiger partial charge in [0.15, 0.2) is 11.5 Å². The molecule has 2 aliphatic rings. The maximum absolute atomic E-state index is 13.3. The number of ketones is 1. The largest absolute Gasteiger partial charge is 0.507 e. The van der Waals surface area contributed by atoms with E-state index in [1.165, 1.54) is 30.3 Å². The number of aromatic carboxylic acids is 1. The highest BCUT2D eigenvalue weighted by Crippen LogP contribution is 2.47. The van der Waals surface area contributed by atoms with Crippen LogP contribution in [-0.2, 0) is 15.8 Å². The molecule has 2 heterocycles. The van der Waals surface area contributed by atoms with E-state index in [0.717, 1.165) is 29.2 Å². The number of anilines is 1. The Labute approximate surface area is 217 Å². The second kappa shape index (κ2) is 9.10. The lowest BCUT2D eigenvalue weighted by Crippen LogP contribution is -2.29. The van der Waals surface area contributed by atoms with Crippen molar-refractivity contribution < 1.29 is 47.2 Å². The number of nitrogens with zero attached hydrogens (tertiary/aromatic N) is 1. The van der Waals surface area contributed by atoms with Crippen molar-refractivity contribution in [2.75, 3.05) is 11.7 Å². The van der Waals surface area contributed by atoms with Crippen LogP contribution in [0.25, 0.3) is 5.76 Å². The number of aliphatic hydroxyl groups is 1. The minimum absolute atomic E-state index is 0.00567. The first kappa shape index (κ1) is 25.2. The fourth-order valence-corrected chi connectivity index (χ4v) is 4.62.